The van der Waals surface area contributed by atoms with Crippen molar-refractivity contribution in [2.75, 3.05) is 32.8 Å². The van der Waals surface area contributed by atoms with E-state index < -0.39 is 32.2 Å². The lowest BCUT2D eigenvalue weighted by atomic mass is 9.72. The van der Waals surface area contributed by atoms with Gasteiger partial charge in [-0.05, 0) is 68.0 Å². The fraction of sp³-hybridized carbons (Fsp3) is 0.565. The molecular formula is C23H28ClF2NO3S. The maximum Gasteiger partial charge on any atom is 0.184 e. The monoisotopic (exact) mass is 471 g/mol. The fourth-order valence-corrected chi connectivity index (χ4v) is 7.67. The van der Waals surface area contributed by atoms with Gasteiger partial charge in [-0.3, -0.25) is 4.90 Å². The number of sulfone groups is 1. The van der Waals surface area contributed by atoms with Crippen LogP contribution in [0.5, 0.6) is 0 Å². The lowest BCUT2D eigenvalue weighted by Crippen LogP contribution is -2.50. The van der Waals surface area contributed by atoms with Crippen LogP contribution in [0.15, 0.2) is 53.0 Å². The first kappa shape index (κ1) is 22.9. The largest absolute Gasteiger partial charge is 0.379 e. The van der Waals surface area contributed by atoms with Gasteiger partial charge in [0.1, 0.15) is 11.7 Å². The first-order chi connectivity index (χ1) is 14.8. The second-order valence-electron chi connectivity index (χ2n) is 8.80. The molecule has 0 radical (unpaired) electrons. The molecule has 0 bridgehead atoms. The van der Waals surface area contributed by atoms with Crippen LogP contribution in [-0.2, 0) is 14.6 Å². The lowest BCUT2D eigenvalue weighted by molar-refractivity contribution is 0.0260. The number of halogens is 3. The standard InChI is InChI=1S/C23H28ClF2NO3S/c24-18-1-4-20(5-2-18)31(28,29)23(21-15-19(25)3-6-22(21)26)9-7-17(8-10-23)16-27-11-13-30-14-12-27/h1-6,17,21H,7-16H2/t17-,21?,23+. The molecular weight excluding hydrogens is 444 g/mol. The SMILES string of the molecule is O=S(=O)(c1ccc(Cl)cc1)[C@]1(C2CC(F)=CC=C2F)CC[C@H](CN2CCOCC2)CC1. The number of morpholine rings is 1. The molecule has 2 fully saturated rings. The summed E-state index contributed by atoms with van der Waals surface area (Å²) in [6, 6.07) is 5.99. The molecule has 170 valence electrons. The van der Waals surface area contributed by atoms with E-state index in [1.807, 2.05) is 0 Å². The number of rotatable bonds is 5. The molecule has 1 aliphatic heterocycles. The average molecular weight is 472 g/mol. The summed E-state index contributed by atoms with van der Waals surface area (Å²) in [5.74, 6) is -1.71. The summed E-state index contributed by atoms with van der Waals surface area (Å²) in [5, 5.41) is 0.430. The molecule has 0 spiro atoms. The van der Waals surface area contributed by atoms with E-state index in [2.05, 4.69) is 4.90 Å². The maximum atomic E-state index is 15.0. The molecule has 1 unspecified atom stereocenters. The van der Waals surface area contributed by atoms with Gasteiger partial charge in [0.25, 0.3) is 0 Å². The van der Waals surface area contributed by atoms with E-state index in [4.69, 9.17) is 16.3 Å². The quantitative estimate of drug-likeness (QED) is 0.599. The number of nitrogens with zero attached hydrogens (tertiary/aromatic N) is 1. The van der Waals surface area contributed by atoms with E-state index >= 15 is 0 Å². The Hall–Kier alpha value is -1.28. The highest BCUT2D eigenvalue weighted by Gasteiger charge is 2.54. The third kappa shape index (κ3) is 4.61. The van der Waals surface area contributed by atoms with Gasteiger partial charge < -0.3 is 4.74 Å². The van der Waals surface area contributed by atoms with Gasteiger partial charge in [0, 0.05) is 37.0 Å². The van der Waals surface area contributed by atoms with Crippen LogP contribution >= 0.6 is 11.6 Å². The Labute approximate surface area is 187 Å². The van der Waals surface area contributed by atoms with Crippen LogP contribution in [0.4, 0.5) is 8.78 Å². The summed E-state index contributed by atoms with van der Waals surface area (Å²) in [6.45, 7) is 4.07. The molecule has 1 saturated carbocycles. The third-order valence-electron chi connectivity index (χ3n) is 7.02. The smallest absolute Gasteiger partial charge is 0.184 e. The number of benzene rings is 1. The molecule has 0 N–H and O–H groups in total. The molecule has 0 aromatic heterocycles. The van der Waals surface area contributed by atoms with Crippen LogP contribution in [0.25, 0.3) is 0 Å². The lowest BCUT2D eigenvalue weighted by Gasteiger charge is -2.45. The van der Waals surface area contributed by atoms with Crippen molar-refractivity contribution in [3.05, 3.63) is 53.1 Å². The van der Waals surface area contributed by atoms with Gasteiger partial charge >= 0.3 is 0 Å². The highest BCUT2D eigenvalue weighted by atomic mass is 35.5. The van der Waals surface area contributed by atoms with Crippen molar-refractivity contribution in [2.45, 2.75) is 41.7 Å². The molecule has 1 saturated heterocycles. The molecule has 3 aliphatic rings. The minimum atomic E-state index is -3.92. The predicted octanol–water partition coefficient (Wildman–Crippen LogP) is 5.10. The second kappa shape index (κ2) is 9.30. The zero-order chi connectivity index (χ0) is 22.1. The number of ether oxygens (including phenoxy) is 1. The van der Waals surface area contributed by atoms with Crippen molar-refractivity contribution in [3.8, 4) is 0 Å². The number of hydrogen-bond acceptors (Lipinski definition) is 4. The Bertz CT molecular complexity index is 948. The summed E-state index contributed by atoms with van der Waals surface area (Å²) >= 11 is 5.95. The topological polar surface area (TPSA) is 46.6 Å². The van der Waals surface area contributed by atoms with Crippen LogP contribution in [0.2, 0.25) is 5.02 Å². The van der Waals surface area contributed by atoms with Crippen molar-refractivity contribution in [1.82, 2.24) is 4.90 Å². The molecule has 8 heteroatoms. The molecule has 0 amide bonds. The molecule has 31 heavy (non-hydrogen) atoms. The second-order valence-corrected chi connectivity index (χ2v) is 11.5. The number of hydrogen-bond donors (Lipinski definition) is 0. The summed E-state index contributed by atoms with van der Waals surface area (Å²) in [7, 11) is -3.92. The van der Waals surface area contributed by atoms with Crippen LogP contribution in [0, 0.1) is 11.8 Å². The van der Waals surface area contributed by atoms with Crippen LogP contribution < -0.4 is 0 Å². The van der Waals surface area contributed by atoms with Gasteiger partial charge in [-0.25, -0.2) is 17.2 Å². The number of allylic oxidation sites excluding steroid dienone is 4. The van der Waals surface area contributed by atoms with Crippen LogP contribution in [-0.4, -0.2) is 50.9 Å². The summed E-state index contributed by atoms with van der Waals surface area (Å²) in [5.41, 5.74) is 0. The van der Waals surface area contributed by atoms with Crippen molar-refractivity contribution in [2.24, 2.45) is 11.8 Å². The van der Waals surface area contributed by atoms with Crippen molar-refractivity contribution in [1.29, 1.82) is 0 Å². The zero-order valence-corrected chi connectivity index (χ0v) is 19.0. The minimum Gasteiger partial charge on any atom is -0.379 e. The summed E-state index contributed by atoms with van der Waals surface area (Å²) in [4.78, 5) is 2.46. The summed E-state index contributed by atoms with van der Waals surface area (Å²) < 4.78 is 60.9. The van der Waals surface area contributed by atoms with Gasteiger partial charge in [-0.15, -0.1) is 0 Å². The molecule has 2 aliphatic carbocycles. The van der Waals surface area contributed by atoms with E-state index in [-0.39, 0.29) is 11.3 Å². The Morgan fingerprint density at radius 3 is 2.35 bits per heavy atom. The van der Waals surface area contributed by atoms with E-state index in [1.165, 1.54) is 24.3 Å². The van der Waals surface area contributed by atoms with E-state index in [9.17, 15) is 17.2 Å². The third-order valence-corrected chi connectivity index (χ3v) is 9.93. The zero-order valence-electron chi connectivity index (χ0n) is 17.4. The average Bonchev–Trinajstić information content (AvgIpc) is 2.77. The molecule has 1 atom stereocenters. The van der Waals surface area contributed by atoms with Gasteiger partial charge in [-0.1, -0.05) is 11.6 Å². The molecule has 1 heterocycles. The van der Waals surface area contributed by atoms with Crippen LogP contribution in [0.3, 0.4) is 0 Å². The Morgan fingerprint density at radius 2 is 1.71 bits per heavy atom. The highest BCUT2D eigenvalue weighted by molar-refractivity contribution is 7.92. The fourth-order valence-electron chi connectivity index (χ4n) is 5.23. The Morgan fingerprint density at radius 1 is 1.06 bits per heavy atom. The van der Waals surface area contributed by atoms with E-state index in [1.54, 1.807) is 0 Å². The van der Waals surface area contributed by atoms with E-state index in [0.717, 1.165) is 31.8 Å². The van der Waals surface area contributed by atoms with Gasteiger partial charge in [0.15, 0.2) is 9.84 Å². The van der Waals surface area contributed by atoms with Gasteiger partial charge in [0.05, 0.1) is 22.9 Å². The van der Waals surface area contributed by atoms with E-state index in [0.29, 0.717) is 49.8 Å². The van der Waals surface area contributed by atoms with Crippen molar-refractivity contribution >= 4 is 21.4 Å². The summed E-state index contributed by atoms with van der Waals surface area (Å²) in [6.07, 6.45) is 3.92. The van der Waals surface area contributed by atoms with Crippen molar-refractivity contribution < 1.29 is 21.9 Å². The molecule has 4 nitrogen and oxygen atoms in total. The van der Waals surface area contributed by atoms with Crippen molar-refractivity contribution in [3.63, 3.8) is 0 Å². The predicted molar refractivity (Wildman–Crippen MR) is 117 cm³/mol. The minimum absolute atomic E-state index is 0.117. The first-order valence-corrected chi connectivity index (χ1v) is 12.7. The van der Waals surface area contributed by atoms with Gasteiger partial charge in [-0.2, -0.15) is 0 Å². The molecule has 4 rings (SSSR count). The highest BCUT2D eigenvalue weighted by Crippen LogP contribution is 2.51. The Kier molecular flexibility index (Phi) is 6.87. The Balaban J connectivity index is 1.62. The van der Waals surface area contributed by atoms with Crippen LogP contribution in [0.1, 0.15) is 32.1 Å². The maximum absolute atomic E-state index is 15.0. The molecule has 1 aromatic rings. The normalized spacial score (nSPS) is 30.5. The van der Waals surface area contributed by atoms with Gasteiger partial charge in [0.2, 0.25) is 0 Å². The molecule has 1 aromatic carbocycles. The first-order valence-electron chi connectivity index (χ1n) is 10.8.